The van der Waals surface area contributed by atoms with Crippen molar-refractivity contribution in [3.63, 3.8) is 0 Å². The number of hydrogen-bond acceptors (Lipinski definition) is 9. The number of alkyl carbamates (subject to hydrolysis) is 1. The molecule has 8 N–H and O–H groups in total. The number of nitrogens with two attached hydrogens (primary N) is 1. The quantitative estimate of drug-likeness (QED) is 0.0988. The molecule has 230 valence electrons. The standard InChI is InChI=1S/C26H43N7O8/c1-26(2,3)41-25(40)31-15-22(37)29-16-23(38)32-19(13-18-7-5-4-6-8-18)24(39)30-14-21(36)28-9-10-33(11-12-34)17-20(27)35/h5,7-8,19,34H,4,6,9-17H2,1-3H3,(H2,27,35)(H,28,36)(H,29,37)(H,30,39)(H,31,40)(H,32,38)/t19-/m0/s1. The molecule has 0 aromatic carbocycles. The number of nitrogens with zero attached hydrogens (tertiary/aromatic N) is 1. The molecule has 6 amide bonds. The first-order chi connectivity index (χ1) is 19.3. The largest absolute Gasteiger partial charge is 0.444 e. The number of aliphatic hydroxyl groups is 1. The first-order valence-corrected chi connectivity index (χ1v) is 13.3. The molecule has 1 atom stereocenters. The van der Waals surface area contributed by atoms with Gasteiger partial charge in [-0.3, -0.25) is 28.9 Å². The minimum Gasteiger partial charge on any atom is -0.444 e. The number of nitrogens with one attached hydrogen (secondary N) is 5. The third kappa shape index (κ3) is 17.3. The highest BCUT2D eigenvalue weighted by Crippen LogP contribution is 2.15. The molecule has 15 heteroatoms. The van der Waals surface area contributed by atoms with Crippen LogP contribution in [-0.2, 0) is 28.7 Å². The van der Waals surface area contributed by atoms with Crippen LogP contribution in [0.25, 0.3) is 0 Å². The molecule has 1 rings (SSSR count). The fourth-order valence-electron chi connectivity index (χ4n) is 3.56. The van der Waals surface area contributed by atoms with Gasteiger partial charge in [-0.05, 0) is 39.2 Å². The van der Waals surface area contributed by atoms with Gasteiger partial charge in [0.15, 0.2) is 0 Å². The van der Waals surface area contributed by atoms with E-state index in [4.69, 9.17) is 15.6 Å². The smallest absolute Gasteiger partial charge is 0.408 e. The number of aliphatic hydroxyl groups excluding tert-OH is 1. The van der Waals surface area contributed by atoms with E-state index in [0.29, 0.717) is 0 Å². The van der Waals surface area contributed by atoms with E-state index in [1.54, 1.807) is 25.7 Å². The lowest BCUT2D eigenvalue weighted by Crippen LogP contribution is -2.52. The summed E-state index contributed by atoms with van der Waals surface area (Å²) in [6.45, 7) is 4.21. The number of primary amides is 1. The zero-order valence-corrected chi connectivity index (χ0v) is 23.9. The van der Waals surface area contributed by atoms with E-state index in [0.717, 1.165) is 18.4 Å². The summed E-state index contributed by atoms with van der Waals surface area (Å²) >= 11 is 0. The number of amides is 6. The van der Waals surface area contributed by atoms with Crippen molar-refractivity contribution in [3.05, 3.63) is 23.8 Å². The van der Waals surface area contributed by atoms with Gasteiger partial charge in [0.05, 0.1) is 26.2 Å². The van der Waals surface area contributed by atoms with Crippen LogP contribution in [0.1, 0.15) is 40.0 Å². The molecule has 0 bridgehead atoms. The van der Waals surface area contributed by atoms with Crippen molar-refractivity contribution in [2.45, 2.75) is 51.7 Å². The Morgan fingerprint density at radius 1 is 0.951 bits per heavy atom. The van der Waals surface area contributed by atoms with Gasteiger partial charge in [0.25, 0.3) is 0 Å². The fourth-order valence-corrected chi connectivity index (χ4v) is 3.56. The molecule has 0 radical (unpaired) electrons. The Bertz CT molecular complexity index is 991. The van der Waals surface area contributed by atoms with Gasteiger partial charge in [0.2, 0.25) is 29.5 Å². The van der Waals surface area contributed by atoms with Crippen molar-refractivity contribution in [2.24, 2.45) is 5.73 Å². The van der Waals surface area contributed by atoms with Gasteiger partial charge < -0.3 is 42.2 Å². The predicted molar refractivity (Wildman–Crippen MR) is 149 cm³/mol. The van der Waals surface area contributed by atoms with E-state index in [9.17, 15) is 28.8 Å². The van der Waals surface area contributed by atoms with Gasteiger partial charge in [-0.15, -0.1) is 0 Å². The molecule has 0 aromatic rings. The highest BCUT2D eigenvalue weighted by atomic mass is 16.6. The van der Waals surface area contributed by atoms with E-state index >= 15 is 0 Å². The SMILES string of the molecule is CC(C)(C)OC(=O)NCC(=O)NCC(=O)N[C@@H](CC1=CCCC=C1)C(=O)NCC(=O)NCCN(CCO)CC(N)=O. The van der Waals surface area contributed by atoms with Crippen LogP contribution < -0.4 is 32.3 Å². The molecule has 0 unspecified atom stereocenters. The van der Waals surface area contributed by atoms with Gasteiger partial charge in [-0.1, -0.05) is 18.2 Å². The Hall–Kier alpha value is -3.98. The van der Waals surface area contributed by atoms with Crippen LogP contribution in [0.5, 0.6) is 0 Å². The summed E-state index contributed by atoms with van der Waals surface area (Å²) in [6.07, 6.45) is 6.82. The van der Waals surface area contributed by atoms with E-state index in [-0.39, 0.29) is 45.8 Å². The number of allylic oxidation sites excluding steroid dienone is 3. The van der Waals surface area contributed by atoms with E-state index in [1.165, 1.54) is 0 Å². The van der Waals surface area contributed by atoms with Gasteiger partial charge in [0, 0.05) is 26.1 Å². The Balaban J connectivity index is 2.58. The summed E-state index contributed by atoms with van der Waals surface area (Å²) < 4.78 is 5.04. The number of carbonyl (C=O) groups excluding carboxylic acids is 6. The fraction of sp³-hybridized carbons (Fsp3) is 0.615. The zero-order valence-electron chi connectivity index (χ0n) is 23.9. The first-order valence-electron chi connectivity index (χ1n) is 13.3. The Morgan fingerprint density at radius 3 is 2.22 bits per heavy atom. The van der Waals surface area contributed by atoms with E-state index in [1.807, 2.05) is 18.2 Å². The summed E-state index contributed by atoms with van der Waals surface area (Å²) in [6, 6.07) is -1.02. The van der Waals surface area contributed by atoms with Gasteiger partial charge in [-0.2, -0.15) is 0 Å². The molecule has 0 aromatic heterocycles. The van der Waals surface area contributed by atoms with Crippen LogP contribution in [0, 0.1) is 0 Å². The maximum absolute atomic E-state index is 12.9. The predicted octanol–water partition coefficient (Wildman–Crippen LogP) is -2.21. The van der Waals surface area contributed by atoms with E-state index in [2.05, 4.69) is 26.6 Å². The normalized spacial score (nSPS) is 13.4. The summed E-state index contributed by atoms with van der Waals surface area (Å²) in [5, 5.41) is 21.4. The molecule has 1 aliphatic carbocycles. The van der Waals surface area contributed by atoms with Gasteiger partial charge in [0.1, 0.15) is 18.2 Å². The summed E-state index contributed by atoms with van der Waals surface area (Å²) in [4.78, 5) is 74.0. The Labute approximate surface area is 239 Å². The molecule has 0 aliphatic heterocycles. The molecule has 1 aliphatic rings. The van der Waals surface area contributed by atoms with Crippen LogP contribution in [-0.4, -0.2) is 110 Å². The lowest BCUT2D eigenvalue weighted by atomic mass is 9.99. The molecule has 0 fully saturated rings. The molecule has 15 nitrogen and oxygen atoms in total. The van der Waals surface area contributed by atoms with Crippen molar-refractivity contribution in [2.75, 3.05) is 52.4 Å². The molecule has 41 heavy (non-hydrogen) atoms. The van der Waals surface area contributed by atoms with Crippen LogP contribution in [0.4, 0.5) is 4.79 Å². The van der Waals surface area contributed by atoms with Crippen LogP contribution in [0.3, 0.4) is 0 Å². The second-order valence-corrected chi connectivity index (χ2v) is 10.2. The first kappa shape index (κ1) is 35.0. The summed E-state index contributed by atoms with van der Waals surface area (Å²) in [7, 11) is 0. The van der Waals surface area contributed by atoms with Gasteiger partial charge >= 0.3 is 6.09 Å². The molecule has 0 saturated carbocycles. The molecule has 0 spiro atoms. The number of hydrogen-bond donors (Lipinski definition) is 7. The van der Waals surface area contributed by atoms with Crippen LogP contribution >= 0.6 is 0 Å². The lowest BCUT2D eigenvalue weighted by Gasteiger charge is -2.21. The maximum Gasteiger partial charge on any atom is 0.408 e. The monoisotopic (exact) mass is 581 g/mol. The van der Waals surface area contributed by atoms with Gasteiger partial charge in [-0.25, -0.2) is 4.79 Å². The highest BCUT2D eigenvalue weighted by molar-refractivity contribution is 5.92. The lowest BCUT2D eigenvalue weighted by molar-refractivity contribution is -0.130. The minimum absolute atomic E-state index is 0.0699. The second kappa shape index (κ2) is 18.4. The van der Waals surface area contributed by atoms with Crippen molar-refractivity contribution in [3.8, 4) is 0 Å². The molecular weight excluding hydrogens is 538 g/mol. The van der Waals surface area contributed by atoms with Crippen LogP contribution in [0.2, 0.25) is 0 Å². The third-order valence-electron chi connectivity index (χ3n) is 5.37. The topological polar surface area (TPSA) is 221 Å². The highest BCUT2D eigenvalue weighted by Gasteiger charge is 2.23. The van der Waals surface area contributed by atoms with Crippen molar-refractivity contribution < 1.29 is 38.6 Å². The van der Waals surface area contributed by atoms with Crippen molar-refractivity contribution in [1.29, 1.82) is 0 Å². The average molecular weight is 582 g/mol. The maximum atomic E-state index is 12.9. The minimum atomic E-state index is -1.02. The molecule has 0 saturated heterocycles. The average Bonchev–Trinajstić information content (AvgIpc) is 2.88. The molecular formula is C26H43N7O8. The second-order valence-electron chi connectivity index (χ2n) is 10.2. The summed E-state index contributed by atoms with van der Waals surface area (Å²) in [5.74, 6) is -2.92. The zero-order chi connectivity index (χ0) is 30.8. The van der Waals surface area contributed by atoms with Crippen LogP contribution in [0.15, 0.2) is 23.8 Å². The van der Waals surface area contributed by atoms with E-state index < -0.39 is 60.4 Å². The number of rotatable bonds is 17. The van der Waals surface area contributed by atoms with Crippen molar-refractivity contribution >= 4 is 35.6 Å². The van der Waals surface area contributed by atoms with Crippen molar-refractivity contribution in [1.82, 2.24) is 31.5 Å². The Morgan fingerprint density at radius 2 is 1.61 bits per heavy atom. The number of ether oxygens (including phenoxy) is 1. The third-order valence-corrected chi connectivity index (χ3v) is 5.37. The Kier molecular flexibility index (Phi) is 15.7. The molecule has 0 heterocycles. The summed E-state index contributed by atoms with van der Waals surface area (Å²) in [5.41, 5.74) is 5.28. The number of carbonyl (C=O) groups is 6.